The van der Waals surface area contributed by atoms with E-state index in [0.29, 0.717) is 29.2 Å². The molecular formula is C23H21ClN2O3S. The third-order valence-electron chi connectivity index (χ3n) is 5.30. The van der Waals surface area contributed by atoms with Crippen LogP contribution in [0.1, 0.15) is 18.4 Å². The first-order chi connectivity index (χ1) is 14.4. The number of aryl methyl sites for hydroxylation is 1. The number of amides is 3. The van der Waals surface area contributed by atoms with E-state index in [4.69, 9.17) is 11.6 Å². The van der Waals surface area contributed by atoms with E-state index in [1.807, 2.05) is 43.3 Å². The van der Waals surface area contributed by atoms with E-state index < -0.39 is 0 Å². The Hall–Kier alpha value is -2.57. The highest BCUT2D eigenvalue weighted by Gasteiger charge is 2.47. The van der Waals surface area contributed by atoms with Crippen molar-refractivity contribution in [2.45, 2.75) is 24.7 Å². The minimum Gasteiger partial charge on any atom is -0.325 e. The van der Waals surface area contributed by atoms with E-state index in [1.54, 1.807) is 18.2 Å². The maximum Gasteiger partial charge on any atom is 0.238 e. The summed E-state index contributed by atoms with van der Waals surface area (Å²) in [7, 11) is 0. The van der Waals surface area contributed by atoms with Gasteiger partial charge in [-0.3, -0.25) is 19.3 Å². The average Bonchev–Trinajstić information content (AvgIpc) is 2.97. The van der Waals surface area contributed by atoms with Gasteiger partial charge < -0.3 is 5.32 Å². The van der Waals surface area contributed by atoms with Crippen molar-refractivity contribution in [1.29, 1.82) is 0 Å². The fraction of sp³-hybridized carbons (Fsp3) is 0.261. The van der Waals surface area contributed by atoms with Crippen LogP contribution in [0.3, 0.4) is 0 Å². The maximum absolute atomic E-state index is 12.7. The minimum atomic E-state index is -0.240. The quantitative estimate of drug-likeness (QED) is 0.410. The molecule has 1 saturated heterocycles. The molecule has 2 aliphatic rings. The molecule has 0 aromatic heterocycles. The van der Waals surface area contributed by atoms with Crippen LogP contribution in [0.4, 0.5) is 11.4 Å². The van der Waals surface area contributed by atoms with Crippen LogP contribution in [-0.4, -0.2) is 23.5 Å². The highest BCUT2D eigenvalue weighted by molar-refractivity contribution is 8.00. The molecule has 1 heterocycles. The number of fused-ring (bicyclic) bond motifs is 1. The molecule has 0 radical (unpaired) electrons. The molecule has 4 rings (SSSR count). The molecule has 2 aromatic rings. The zero-order valence-electron chi connectivity index (χ0n) is 16.4. The van der Waals surface area contributed by atoms with Gasteiger partial charge in [0.2, 0.25) is 17.7 Å². The second-order valence-corrected chi connectivity index (χ2v) is 9.00. The van der Waals surface area contributed by atoms with E-state index >= 15 is 0 Å². The largest absolute Gasteiger partial charge is 0.325 e. The van der Waals surface area contributed by atoms with Crippen LogP contribution in [0, 0.1) is 18.8 Å². The van der Waals surface area contributed by atoms with Crippen LogP contribution < -0.4 is 10.2 Å². The number of carbonyl (C=O) groups is 3. The van der Waals surface area contributed by atoms with Gasteiger partial charge in [-0.1, -0.05) is 23.8 Å². The number of allylic oxidation sites excluding steroid dienone is 2. The molecule has 2 aromatic carbocycles. The molecule has 2 atom stereocenters. The van der Waals surface area contributed by atoms with Gasteiger partial charge in [0, 0.05) is 15.6 Å². The van der Waals surface area contributed by atoms with Gasteiger partial charge in [-0.05, 0) is 67.8 Å². The summed E-state index contributed by atoms with van der Waals surface area (Å²) in [5.41, 5.74) is 2.23. The zero-order chi connectivity index (χ0) is 21.3. The fourth-order valence-corrected chi connectivity index (χ4v) is 4.89. The summed E-state index contributed by atoms with van der Waals surface area (Å²) in [6.45, 7) is 1.92. The van der Waals surface area contributed by atoms with Crippen LogP contribution in [0.2, 0.25) is 5.02 Å². The SMILES string of the molecule is Cc1cc(Cl)cc(NC(=O)CSc2ccc(N3C(=O)[C@H]4CC=CC[C@H]4C3=O)cc2)c1. The third-order valence-corrected chi connectivity index (χ3v) is 6.53. The summed E-state index contributed by atoms with van der Waals surface area (Å²) in [5, 5.41) is 3.42. The number of thioether (sulfide) groups is 1. The Labute approximate surface area is 184 Å². The topological polar surface area (TPSA) is 66.5 Å². The van der Waals surface area contributed by atoms with Crippen molar-refractivity contribution in [2.24, 2.45) is 11.8 Å². The standard InChI is InChI=1S/C23H21ClN2O3S/c1-14-10-15(24)12-16(11-14)25-21(27)13-30-18-8-6-17(7-9-18)26-22(28)19-4-2-3-5-20(19)23(26)29/h2-3,6-12,19-20H,4-5,13H2,1H3,(H,25,27)/t19-,20+. The number of halogens is 1. The van der Waals surface area contributed by atoms with E-state index in [-0.39, 0.29) is 35.3 Å². The molecule has 0 bridgehead atoms. The Bertz CT molecular complexity index is 989. The van der Waals surface area contributed by atoms with Crippen molar-refractivity contribution in [3.8, 4) is 0 Å². The van der Waals surface area contributed by atoms with Gasteiger partial charge in [0.05, 0.1) is 23.3 Å². The molecule has 0 spiro atoms. The van der Waals surface area contributed by atoms with Gasteiger partial charge in [0.25, 0.3) is 0 Å². The lowest BCUT2D eigenvalue weighted by atomic mass is 9.85. The summed E-state index contributed by atoms with van der Waals surface area (Å²) in [4.78, 5) is 39.8. The first-order valence-corrected chi connectivity index (χ1v) is 11.1. The first-order valence-electron chi connectivity index (χ1n) is 9.75. The normalized spacial score (nSPS) is 20.4. The lowest BCUT2D eigenvalue weighted by molar-refractivity contribution is -0.122. The summed E-state index contributed by atoms with van der Waals surface area (Å²) >= 11 is 7.41. The first kappa shape index (κ1) is 20.7. The Morgan fingerprint density at radius 2 is 1.70 bits per heavy atom. The van der Waals surface area contributed by atoms with Gasteiger partial charge in [0.15, 0.2) is 0 Å². The summed E-state index contributed by atoms with van der Waals surface area (Å²) in [6, 6.07) is 12.6. The lowest BCUT2D eigenvalue weighted by Gasteiger charge is -2.15. The van der Waals surface area contributed by atoms with Crippen molar-refractivity contribution >= 4 is 52.5 Å². The minimum absolute atomic E-state index is 0.119. The molecule has 0 unspecified atom stereocenters. The van der Waals surface area contributed by atoms with Crippen LogP contribution >= 0.6 is 23.4 Å². The van der Waals surface area contributed by atoms with Gasteiger partial charge in [-0.2, -0.15) is 0 Å². The van der Waals surface area contributed by atoms with Crippen LogP contribution in [0.15, 0.2) is 59.5 Å². The second-order valence-electron chi connectivity index (χ2n) is 7.52. The molecule has 154 valence electrons. The van der Waals surface area contributed by atoms with Gasteiger partial charge in [-0.25, -0.2) is 0 Å². The van der Waals surface area contributed by atoms with Gasteiger partial charge in [0.1, 0.15) is 0 Å². The number of benzene rings is 2. The summed E-state index contributed by atoms with van der Waals surface area (Å²) in [5.74, 6) is -0.614. The summed E-state index contributed by atoms with van der Waals surface area (Å²) < 4.78 is 0. The second kappa shape index (κ2) is 8.66. The Kier molecular flexibility index (Phi) is 5.97. The number of carbonyl (C=O) groups excluding carboxylic acids is 3. The molecule has 1 fully saturated rings. The fourth-order valence-electron chi connectivity index (χ4n) is 3.90. The maximum atomic E-state index is 12.7. The molecule has 1 N–H and O–H groups in total. The monoisotopic (exact) mass is 440 g/mol. The van der Waals surface area contributed by atoms with Crippen molar-refractivity contribution in [2.75, 3.05) is 16.0 Å². The van der Waals surface area contributed by atoms with Gasteiger partial charge >= 0.3 is 0 Å². The predicted octanol–water partition coefficient (Wildman–Crippen LogP) is 4.83. The molecule has 3 amide bonds. The Morgan fingerprint density at radius 1 is 1.07 bits per heavy atom. The molecule has 1 aliphatic carbocycles. The van der Waals surface area contributed by atoms with E-state index in [0.717, 1.165) is 10.5 Å². The van der Waals surface area contributed by atoms with Crippen LogP contribution in [0.5, 0.6) is 0 Å². The zero-order valence-corrected chi connectivity index (χ0v) is 18.0. The number of imide groups is 1. The van der Waals surface area contributed by atoms with Crippen LogP contribution in [0.25, 0.3) is 0 Å². The van der Waals surface area contributed by atoms with Crippen molar-refractivity contribution in [3.63, 3.8) is 0 Å². The molecule has 7 heteroatoms. The lowest BCUT2D eigenvalue weighted by Crippen LogP contribution is -2.30. The van der Waals surface area contributed by atoms with Crippen molar-refractivity contribution in [3.05, 3.63) is 65.2 Å². The van der Waals surface area contributed by atoms with Crippen molar-refractivity contribution < 1.29 is 14.4 Å². The molecule has 1 aliphatic heterocycles. The van der Waals surface area contributed by atoms with Crippen LogP contribution in [-0.2, 0) is 14.4 Å². The molecule has 5 nitrogen and oxygen atoms in total. The molecule has 30 heavy (non-hydrogen) atoms. The number of hydrogen-bond acceptors (Lipinski definition) is 4. The number of anilines is 2. The number of nitrogens with one attached hydrogen (secondary N) is 1. The highest BCUT2D eigenvalue weighted by atomic mass is 35.5. The van der Waals surface area contributed by atoms with Crippen molar-refractivity contribution in [1.82, 2.24) is 0 Å². The molecular weight excluding hydrogens is 420 g/mol. The Morgan fingerprint density at radius 3 is 2.30 bits per heavy atom. The van der Waals surface area contributed by atoms with E-state index in [2.05, 4.69) is 5.32 Å². The number of rotatable bonds is 5. The van der Waals surface area contributed by atoms with E-state index in [9.17, 15) is 14.4 Å². The number of nitrogens with zero attached hydrogens (tertiary/aromatic N) is 1. The van der Waals surface area contributed by atoms with Gasteiger partial charge in [-0.15, -0.1) is 11.8 Å². The molecule has 0 saturated carbocycles. The predicted molar refractivity (Wildman–Crippen MR) is 120 cm³/mol. The average molecular weight is 441 g/mol. The van der Waals surface area contributed by atoms with E-state index in [1.165, 1.54) is 16.7 Å². The highest BCUT2D eigenvalue weighted by Crippen LogP contribution is 2.38. The third kappa shape index (κ3) is 4.30. The Balaban J connectivity index is 1.36. The number of hydrogen-bond donors (Lipinski definition) is 1. The summed E-state index contributed by atoms with van der Waals surface area (Å²) in [6.07, 6.45) is 5.21. The smallest absolute Gasteiger partial charge is 0.238 e.